The molecule has 6 heteroatoms. The van der Waals surface area contributed by atoms with E-state index in [2.05, 4.69) is 81.2 Å². The zero-order chi connectivity index (χ0) is 20.1. The fourth-order valence-corrected chi connectivity index (χ4v) is 6.05. The highest BCUT2D eigenvalue weighted by Gasteiger charge is 2.47. The summed E-state index contributed by atoms with van der Waals surface area (Å²) in [7, 11) is 0. The number of nitrogens with one attached hydrogen (secondary N) is 4. The van der Waals surface area contributed by atoms with E-state index in [4.69, 9.17) is 0 Å². The van der Waals surface area contributed by atoms with Gasteiger partial charge in [-0.05, 0) is 36.0 Å². The Bertz CT molecular complexity index is 934. The zero-order valence-electron chi connectivity index (χ0n) is 17.1. The third-order valence-electron chi connectivity index (χ3n) is 7.63. The molecular formula is C24H29N5O. The Morgan fingerprint density at radius 3 is 2.53 bits per heavy atom. The van der Waals surface area contributed by atoms with Gasteiger partial charge < -0.3 is 4.90 Å². The van der Waals surface area contributed by atoms with E-state index in [9.17, 15) is 4.79 Å². The van der Waals surface area contributed by atoms with Gasteiger partial charge in [-0.15, -0.1) is 0 Å². The second kappa shape index (κ2) is 7.46. The van der Waals surface area contributed by atoms with E-state index in [1.165, 1.54) is 16.7 Å². The van der Waals surface area contributed by atoms with Gasteiger partial charge in [0, 0.05) is 31.0 Å². The molecule has 0 spiro atoms. The van der Waals surface area contributed by atoms with Gasteiger partial charge in [-0.3, -0.25) is 10.2 Å². The monoisotopic (exact) mass is 403 g/mol. The van der Waals surface area contributed by atoms with Crippen molar-refractivity contribution in [1.29, 1.82) is 0 Å². The van der Waals surface area contributed by atoms with E-state index in [1.807, 2.05) is 0 Å². The number of carbonyl (C=O) groups is 1. The fraction of sp³-hybridized carbons (Fsp3) is 0.458. The number of fused-ring (bicyclic) bond motifs is 4. The second-order valence-corrected chi connectivity index (χ2v) is 9.17. The summed E-state index contributed by atoms with van der Waals surface area (Å²) in [4.78, 5) is 15.7. The maximum absolute atomic E-state index is 13.6. The van der Waals surface area contributed by atoms with Crippen molar-refractivity contribution in [1.82, 2.24) is 26.6 Å². The molecule has 3 heterocycles. The lowest BCUT2D eigenvalue weighted by Crippen LogP contribution is -2.54. The minimum Gasteiger partial charge on any atom is -0.341 e. The van der Waals surface area contributed by atoms with E-state index < -0.39 is 0 Å². The van der Waals surface area contributed by atoms with Crippen molar-refractivity contribution in [3.63, 3.8) is 0 Å². The lowest BCUT2D eigenvalue weighted by molar-refractivity contribution is -0.136. The molecular weight excluding hydrogens is 374 g/mol. The Kier molecular flexibility index (Phi) is 4.61. The topological polar surface area (TPSA) is 68.4 Å². The van der Waals surface area contributed by atoms with Crippen molar-refractivity contribution in [3.05, 3.63) is 71.3 Å². The summed E-state index contributed by atoms with van der Waals surface area (Å²) < 4.78 is 0. The van der Waals surface area contributed by atoms with E-state index in [0.29, 0.717) is 17.9 Å². The number of piperidine rings is 1. The third-order valence-corrected chi connectivity index (χ3v) is 7.63. The van der Waals surface area contributed by atoms with Crippen LogP contribution < -0.4 is 21.7 Å². The van der Waals surface area contributed by atoms with Crippen LogP contribution in [0.15, 0.2) is 54.6 Å². The lowest BCUT2D eigenvalue weighted by Gasteiger charge is -2.38. The van der Waals surface area contributed by atoms with Crippen molar-refractivity contribution in [2.45, 2.75) is 43.4 Å². The van der Waals surface area contributed by atoms with E-state index in [1.54, 1.807) is 0 Å². The van der Waals surface area contributed by atoms with Crippen molar-refractivity contribution in [2.75, 3.05) is 13.1 Å². The molecule has 6 rings (SSSR count). The zero-order valence-corrected chi connectivity index (χ0v) is 17.1. The Morgan fingerprint density at radius 2 is 1.63 bits per heavy atom. The van der Waals surface area contributed by atoms with Crippen LogP contribution in [0, 0.1) is 11.8 Å². The summed E-state index contributed by atoms with van der Waals surface area (Å²) in [6, 6.07) is 20.0. The first-order chi connectivity index (χ1) is 14.8. The summed E-state index contributed by atoms with van der Waals surface area (Å²) in [6.45, 7) is 1.62. The molecule has 30 heavy (non-hydrogen) atoms. The average Bonchev–Trinajstić information content (AvgIpc) is 3.43. The molecule has 6 nitrogen and oxygen atoms in total. The molecule has 4 N–H and O–H groups in total. The number of amides is 1. The quantitative estimate of drug-likeness (QED) is 0.616. The summed E-state index contributed by atoms with van der Waals surface area (Å²) in [5.41, 5.74) is 17.8. The molecule has 2 aromatic carbocycles. The van der Waals surface area contributed by atoms with Crippen LogP contribution in [0.2, 0.25) is 0 Å². The second-order valence-electron chi connectivity index (χ2n) is 9.17. The van der Waals surface area contributed by atoms with Gasteiger partial charge in [-0.1, -0.05) is 54.6 Å². The molecule has 2 aromatic rings. The van der Waals surface area contributed by atoms with Gasteiger partial charge in [0.15, 0.2) is 0 Å². The van der Waals surface area contributed by atoms with Crippen LogP contribution in [0.3, 0.4) is 0 Å². The van der Waals surface area contributed by atoms with Gasteiger partial charge in [0.2, 0.25) is 5.91 Å². The molecule has 0 saturated carbocycles. The van der Waals surface area contributed by atoms with Gasteiger partial charge in [-0.25, -0.2) is 16.3 Å². The largest absolute Gasteiger partial charge is 0.341 e. The SMILES string of the molecule is O=C(C1NNC2c3ccccc3CCC12)N1CCC2NNC(c3ccccc3)C2C1. The number of likely N-dealkylation sites (tertiary alicyclic amines) is 1. The number of nitrogens with zero attached hydrogens (tertiary/aromatic N) is 1. The molecule has 1 aliphatic carbocycles. The van der Waals surface area contributed by atoms with Crippen LogP contribution in [0.5, 0.6) is 0 Å². The molecule has 3 saturated heterocycles. The summed E-state index contributed by atoms with van der Waals surface area (Å²) in [6.07, 6.45) is 3.09. The number of hydrazine groups is 2. The van der Waals surface area contributed by atoms with Crippen LogP contribution in [0.1, 0.15) is 41.6 Å². The molecule has 3 fully saturated rings. The minimum absolute atomic E-state index is 0.141. The van der Waals surface area contributed by atoms with Crippen LogP contribution in [0.4, 0.5) is 0 Å². The van der Waals surface area contributed by atoms with Crippen LogP contribution in [-0.2, 0) is 11.2 Å². The first-order valence-electron chi connectivity index (χ1n) is 11.2. The highest BCUT2D eigenvalue weighted by atomic mass is 16.2. The van der Waals surface area contributed by atoms with Crippen molar-refractivity contribution in [2.24, 2.45) is 11.8 Å². The van der Waals surface area contributed by atoms with Crippen molar-refractivity contribution < 1.29 is 4.79 Å². The number of aryl methyl sites for hydroxylation is 1. The first-order valence-corrected chi connectivity index (χ1v) is 11.2. The molecule has 6 unspecified atom stereocenters. The van der Waals surface area contributed by atoms with Crippen LogP contribution in [0.25, 0.3) is 0 Å². The number of carbonyl (C=O) groups excluding carboxylic acids is 1. The highest BCUT2D eigenvalue weighted by molar-refractivity contribution is 5.83. The van der Waals surface area contributed by atoms with Crippen LogP contribution >= 0.6 is 0 Å². The molecule has 156 valence electrons. The fourth-order valence-electron chi connectivity index (χ4n) is 6.05. The average molecular weight is 404 g/mol. The van der Waals surface area contributed by atoms with Gasteiger partial charge in [0.1, 0.15) is 6.04 Å². The van der Waals surface area contributed by atoms with Gasteiger partial charge in [0.05, 0.1) is 12.1 Å². The molecule has 6 atom stereocenters. The molecule has 0 aromatic heterocycles. The molecule has 4 aliphatic rings. The summed E-state index contributed by atoms with van der Waals surface area (Å²) in [5, 5.41) is 0. The Morgan fingerprint density at radius 1 is 0.833 bits per heavy atom. The molecule has 0 bridgehead atoms. The number of hydrogen-bond acceptors (Lipinski definition) is 5. The maximum Gasteiger partial charge on any atom is 0.241 e. The van der Waals surface area contributed by atoms with Gasteiger partial charge in [-0.2, -0.15) is 0 Å². The molecule has 0 radical (unpaired) electrons. The normalized spacial score (nSPS) is 34.9. The van der Waals surface area contributed by atoms with E-state index >= 15 is 0 Å². The summed E-state index contributed by atoms with van der Waals surface area (Å²) >= 11 is 0. The lowest BCUT2D eigenvalue weighted by atomic mass is 9.77. The number of rotatable bonds is 2. The van der Waals surface area contributed by atoms with Crippen molar-refractivity contribution in [3.8, 4) is 0 Å². The predicted octanol–water partition coefficient (Wildman–Crippen LogP) is 1.83. The summed E-state index contributed by atoms with van der Waals surface area (Å²) in [5.74, 6) is 0.962. The van der Waals surface area contributed by atoms with E-state index in [-0.39, 0.29) is 24.0 Å². The highest BCUT2D eigenvalue weighted by Crippen LogP contribution is 2.40. The minimum atomic E-state index is -0.141. The Hall–Kier alpha value is -2.25. The Balaban J connectivity index is 1.19. The number of hydrogen-bond donors (Lipinski definition) is 4. The Labute approximate surface area is 177 Å². The maximum atomic E-state index is 13.6. The predicted molar refractivity (Wildman–Crippen MR) is 115 cm³/mol. The number of benzene rings is 2. The first kappa shape index (κ1) is 18.5. The smallest absolute Gasteiger partial charge is 0.241 e. The van der Waals surface area contributed by atoms with E-state index in [0.717, 1.165) is 32.4 Å². The third kappa shape index (κ3) is 2.98. The van der Waals surface area contributed by atoms with Gasteiger partial charge in [0.25, 0.3) is 0 Å². The van der Waals surface area contributed by atoms with Crippen LogP contribution in [-0.4, -0.2) is 36.0 Å². The molecule has 3 aliphatic heterocycles. The standard InChI is InChI=1S/C24H29N5O/c30-24(23-18-11-10-15-6-4-5-9-17(15)22(18)27-28-23)29-13-12-20-19(14-29)21(26-25-20)16-7-2-1-3-8-16/h1-9,18-23,25-28H,10-14H2. The molecule has 1 amide bonds. The van der Waals surface area contributed by atoms with Gasteiger partial charge >= 0.3 is 0 Å². The van der Waals surface area contributed by atoms with Crippen molar-refractivity contribution >= 4 is 5.91 Å².